The summed E-state index contributed by atoms with van der Waals surface area (Å²) in [6.07, 6.45) is 0.481. The van der Waals surface area contributed by atoms with Gasteiger partial charge in [0.2, 0.25) is 18.4 Å². The van der Waals surface area contributed by atoms with Gasteiger partial charge in [0.05, 0.1) is 7.11 Å². The van der Waals surface area contributed by atoms with Crippen molar-refractivity contribution in [1.29, 1.82) is 0 Å². The number of rotatable bonds is 6. The molecule has 20 heavy (non-hydrogen) atoms. The number of fused-ring (bicyclic) bond motifs is 1. The molecule has 0 aromatic heterocycles. The average molecular weight is 280 g/mol. The van der Waals surface area contributed by atoms with Gasteiger partial charge in [0.15, 0.2) is 11.5 Å². The molecule has 1 aromatic carbocycles. The Labute approximate surface area is 118 Å². The van der Waals surface area contributed by atoms with Crippen LogP contribution in [0.5, 0.6) is 17.2 Å². The Kier molecular flexibility index (Phi) is 4.68. The van der Waals surface area contributed by atoms with Crippen molar-refractivity contribution >= 4 is 5.91 Å². The number of amides is 1. The van der Waals surface area contributed by atoms with Crippen molar-refractivity contribution in [1.82, 2.24) is 10.2 Å². The number of ether oxygens (including phenoxy) is 3. The molecule has 6 heteroatoms. The molecule has 0 saturated carbocycles. The topological polar surface area (TPSA) is 60.0 Å². The molecule has 1 heterocycles. The molecule has 1 amide bonds. The fourth-order valence-electron chi connectivity index (χ4n) is 1.94. The third-order valence-corrected chi connectivity index (χ3v) is 3.06. The molecule has 1 aromatic rings. The second-order valence-corrected chi connectivity index (χ2v) is 4.75. The highest BCUT2D eigenvalue weighted by Gasteiger charge is 2.19. The van der Waals surface area contributed by atoms with Crippen LogP contribution in [0.3, 0.4) is 0 Å². The minimum atomic E-state index is 0.112. The normalized spacial score (nSPS) is 12.3. The molecule has 0 saturated heterocycles. The molecule has 2 rings (SSSR count). The number of hydrogen-bond acceptors (Lipinski definition) is 5. The van der Waals surface area contributed by atoms with Crippen molar-refractivity contribution in [3.05, 3.63) is 17.7 Å². The van der Waals surface area contributed by atoms with Crippen molar-refractivity contribution in [2.75, 3.05) is 34.5 Å². The lowest BCUT2D eigenvalue weighted by Gasteiger charge is -2.11. The summed E-state index contributed by atoms with van der Waals surface area (Å²) in [5.74, 6) is 2.13. The van der Waals surface area contributed by atoms with E-state index in [1.807, 2.05) is 12.1 Å². The Morgan fingerprint density at radius 1 is 1.40 bits per heavy atom. The second-order valence-electron chi connectivity index (χ2n) is 4.75. The summed E-state index contributed by atoms with van der Waals surface area (Å²) in [4.78, 5) is 13.0. The fraction of sp³-hybridized carbons (Fsp3) is 0.500. The Hall–Kier alpha value is -1.95. The zero-order valence-electron chi connectivity index (χ0n) is 12.1. The van der Waals surface area contributed by atoms with Gasteiger partial charge in [0, 0.05) is 33.6 Å². The van der Waals surface area contributed by atoms with Crippen LogP contribution in [0.4, 0.5) is 0 Å². The molecular formula is C14H20N2O4. The number of methoxy groups -OCH3 is 1. The molecule has 0 aliphatic carbocycles. The van der Waals surface area contributed by atoms with Crippen LogP contribution in [0, 0.1) is 0 Å². The van der Waals surface area contributed by atoms with E-state index in [0.29, 0.717) is 36.8 Å². The summed E-state index contributed by atoms with van der Waals surface area (Å²) >= 11 is 0. The van der Waals surface area contributed by atoms with Crippen molar-refractivity contribution in [3.63, 3.8) is 0 Å². The third-order valence-electron chi connectivity index (χ3n) is 3.06. The Balaban J connectivity index is 1.89. The Morgan fingerprint density at radius 3 is 2.90 bits per heavy atom. The van der Waals surface area contributed by atoms with Gasteiger partial charge in [-0.3, -0.25) is 4.79 Å². The second kappa shape index (κ2) is 6.47. The van der Waals surface area contributed by atoms with Crippen LogP contribution in [0.1, 0.15) is 12.0 Å². The quantitative estimate of drug-likeness (QED) is 0.788. The summed E-state index contributed by atoms with van der Waals surface area (Å²) in [5, 5.41) is 3.23. The van der Waals surface area contributed by atoms with E-state index in [4.69, 9.17) is 14.2 Å². The van der Waals surface area contributed by atoms with Gasteiger partial charge in [-0.05, 0) is 17.7 Å². The molecule has 1 aliphatic heterocycles. The fourth-order valence-corrected chi connectivity index (χ4v) is 1.94. The van der Waals surface area contributed by atoms with Gasteiger partial charge in [-0.15, -0.1) is 0 Å². The summed E-state index contributed by atoms with van der Waals surface area (Å²) < 4.78 is 16.0. The van der Waals surface area contributed by atoms with E-state index in [1.165, 1.54) is 0 Å². The van der Waals surface area contributed by atoms with Crippen LogP contribution >= 0.6 is 0 Å². The van der Waals surface area contributed by atoms with E-state index in [-0.39, 0.29) is 12.7 Å². The molecule has 1 N–H and O–H groups in total. The predicted octanol–water partition coefficient (Wildman–Crippen LogP) is 0.992. The summed E-state index contributed by atoms with van der Waals surface area (Å²) in [6, 6.07) is 3.83. The third kappa shape index (κ3) is 3.33. The van der Waals surface area contributed by atoms with E-state index in [1.54, 1.807) is 26.1 Å². The van der Waals surface area contributed by atoms with Crippen LogP contribution in [0.15, 0.2) is 12.1 Å². The molecule has 6 nitrogen and oxygen atoms in total. The van der Waals surface area contributed by atoms with E-state index in [9.17, 15) is 4.79 Å². The molecule has 110 valence electrons. The summed E-state index contributed by atoms with van der Waals surface area (Å²) in [7, 11) is 5.11. The van der Waals surface area contributed by atoms with Gasteiger partial charge in [0.1, 0.15) is 0 Å². The summed E-state index contributed by atoms with van der Waals surface area (Å²) in [6.45, 7) is 1.50. The molecule has 0 spiro atoms. The molecule has 0 radical (unpaired) electrons. The highest BCUT2D eigenvalue weighted by molar-refractivity contribution is 5.75. The standard InChI is InChI=1S/C14H20N2O4/c1-16(2)13(17)4-5-15-8-10-6-11(18-3)14-12(7-10)19-9-20-14/h6-7,15H,4-5,8-9H2,1-3H3. The highest BCUT2D eigenvalue weighted by atomic mass is 16.7. The zero-order valence-corrected chi connectivity index (χ0v) is 12.1. The number of hydrogen-bond donors (Lipinski definition) is 1. The van der Waals surface area contributed by atoms with Crippen LogP contribution in [-0.4, -0.2) is 45.3 Å². The smallest absolute Gasteiger partial charge is 0.231 e. The maximum Gasteiger partial charge on any atom is 0.231 e. The van der Waals surface area contributed by atoms with Gasteiger partial charge in [-0.25, -0.2) is 0 Å². The SMILES string of the molecule is COc1cc(CNCCC(=O)N(C)C)cc2c1OCO2. The van der Waals surface area contributed by atoms with Crippen molar-refractivity contribution in [3.8, 4) is 17.2 Å². The van der Waals surface area contributed by atoms with Crippen molar-refractivity contribution in [2.24, 2.45) is 0 Å². The van der Waals surface area contributed by atoms with Crippen molar-refractivity contribution in [2.45, 2.75) is 13.0 Å². The summed E-state index contributed by atoms with van der Waals surface area (Å²) in [5.41, 5.74) is 1.03. The maximum absolute atomic E-state index is 11.4. The Morgan fingerprint density at radius 2 is 2.20 bits per heavy atom. The van der Waals surface area contributed by atoms with Crippen LogP contribution < -0.4 is 19.5 Å². The maximum atomic E-state index is 11.4. The number of nitrogens with one attached hydrogen (secondary N) is 1. The number of nitrogens with zero attached hydrogens (tertiary/aromatic N) is 1. The molecule has 0 bridgehead atoms. The van der Waals surface area contributed by atoms with E-state index < -0.39 is 0 Å². The molecular weight excluding hydrogens is 260 g/mol. The van der Waals surface area contributed by atoms with Gasteiger partial charge >= 0.3 is 0 Å². The van der Waals surface area contributed by atoms with E-state index in [2.05, 4.69) is 5.32 Å². The van der Waals surface area contributed by atoms with Gasteiger partial charge in [-0.1, -0.05) is 0 Å². The first-order chi connectivity index (χ1) is 9.61. The molecule has 0 unspecified atom stereocenters. The first kappa shape index (κ1) is 14.5. The minimum Gasteiger partial charge on any atom is -0.493 e. The Bertz CT molecular complexity index is 488. The predicted molar refractivity (Wildman–Crippen MR) is 74.1 cm³/mol. The van der Waals surface area contributed by atoms with E-state index in [0.717, 1.165) is 5.56 Å². The minimum absolute atomic E-state index is 0.112. The number of benzene rings is 1. The van der Waals surface area contributed by atoms with Crippen LogP contribution in [-0.2, 0) is 11.3 Å². The highest BCUT2D eigenvalue weighted by Crippen LogP contribution is 2.41. The largest absolute Gasteiger partial charge is 0.493 e. The first-order valence-electron chi connectivity index (χ1n) is 6.49. The molecule has 0 fully saturated rings. The van der Waals surface area contributed by atoms with Gasteiger partial charge in [0.25, 0.3) is 0 Å². The van der Waals surface area contributed by atoms with E-state index >= 15 is 0 Å². The van der Waals surface area contributed by atoms with Crippen LogP contribution in [0.25, 0.3) is 0 Å². The molecule has 0 atom stereocenters. The molecule has 1 aliphatic rings. The monoisotopic (exact) mass is 280 g/mol. The number of carbonyl (C=O) groups is 1. The zero-order chi connectivity index (χ0) is 14.5. The van der Waals surface area contributed by atoms with Gasteiger partial charge < -0.3 is 24.4 Å². The lowest BCUT2D eigenvalue weighted by atomic mass is 10.2. The lowest BCUT2D eigenvalue weighted by molar-refractivity contribution is -0.128. The van der Waals surface area contributed by atoms with Crippen LogP contribution in [0.2, 0.25) is 0 Å². The van der Waals surface area contributed by atoms with Crippen molar-refractivity contribution < 1.29 is 19.0 Å². The lowest BCUT2D eigenvalue weighted by Crippen LogP contribution is -2.26. The number of carbonyl (C=O) groups excluding carboxylic acids is 1. The first-order valence-corrected chi connectivity index (χ1v) is 6.49. The van der Waals surface area contributed by atoms with Gasteiger partial charge in [-0.2, -0.15) is 0 Å². The average Bonchev–Trinajstić information content (AvgIpc) is 2.90.